The molecule has 1 heterocycles. The maximum absolute atomic E-state index is 12.2. The molecule has 1 atom stereocenters. The largest absolute Gasteiger partial charge is 0.378 e. The van der Waals surface area contributed by atoms with Crippen molar-refractivity contribution in [2.75, 3.05) is 31.6 Å². The number of nitro groups is 1. The number of hydrogen-bond donors (Lipinski definition) is 1. The average molecular weight is 279 g/mol. The molecule has 2 rings (SSSR count). The molecule has 108 valence electrons. The van der Waals surface area contributed by atoms with Crippen molar-refractivity contribution in [3.8, 4) is 0 Å². The zero-order chi connectivity index (χ0) is 14.5. The van der Waals surface area contributed by atoms with Crippen molar-refractivity contribution in [1.29, 1.82) is 0 Å². The van der Waals surface area contributed by atoms with Gasteiger partial charge < -0.3 is 15.0 Å². The van der Waals surface area contributed by atoms with Crippen LogP contribution in [-0.4, -0.2) is 48.1 Å². The number of carbonyl (C=O) groups is 1. The number of hydrogen-bond acceptors (Lipinski definition) is 5. The molecule has 20 heavy (non-hydrogen) atoms. The molecule has 1 unspecified atom stereocenters. The summed E-state index contributed by atoms with van der Waals surface area (Å²) in [6.07, 6.45) is 0. The normalized spacial score (nSPS) is 16.6. The van der Waals surface area contributed by atoms with Gasteiger partial charge in [0.25, 0.3) is 5.69 Å². The van der Waals surface area contributed by atoms with Crippen LogP contribution in [0.15, 0.2) is 24.3 Å². The first-order valence-electron chi connectivity index (χ1n) is 6.45. The Labute approximate surface area is 116 Å². The number of anilines is 1. The Morgan fingerprint density at radius 1 is 1.35 bits per heavy atom. The summed E-state index contributed by atoms with van der Waals surface area (Å²) in [6.45, 7) is 4.11. The molecular weight excluding hydrogens is 262 g/mol. The number of carbonyl (C=O) groups excluding carboxylic acids is 1. The number of morpholine rings is 1. The lowest BCUT2D eigenvalue weighted by molar-refractivity contribution is -0.384. The monoisotopic (exact) mass is 279 g/mol. The van der Waals surface area contributed by atoms with E-state index < -0.39 is 4.92 Å². The number of nitrogens with zero attached hydrogens (tertiary/aromatic N) is 2. The molecule has 1 fully saturated rings. The molecule has 1 aliphatic heterocycles. The SMILES string of the molecule is CC(Nc1ccc([N+](=O)[O-])cc1)C(=O)N1CCOCC1. The Bertz CT molecular complexity index is 483. The van der Waals surface area contributed by atoms with Crippen molar-refractivity contribution < 1.29 is 14.5 Å². The fourth-order valence-electron chi connectivity index (χ4n) is 2.05. The summed E-state index contributed by atoms with van der Waals surface area (Å²) in [4.78, 5) is 24.0. The van der Waals surface area contributed by atoms with Gasteiger partial charge in [0, 0.05) is 30.9 Å². The van der Waals surface area contributed by atoms with Crippen LogP contribution in [0.1, 0.15) is 6.92 Å². The predicted octanol–water partition coefficient (Wildman–Crippen LogP) is 1.25. The van der Waals surface area contributed by atoms with Gasteiger partial charge in [-0.05, 0) is 19.1 Å². The van der Waals surface area contributed by atoms with E-state index in [0.29, 0.717) is 32.0 Å². The van der Waals surface area contributed by atoms with Crippen LogP contribution in [0, 0.1) is 10.1 Å². The topological polar surface area (TPSA) is 84.7 Å². The van der Waals surface area contributed by atoms with Crippen molar-refractivity contribution in [2.45, 2.75) is 13.0 Å². The van der Waals surface area contributed by atoms with Gasteiger partial charge in [0.05, 0.1) is 18.1 Å². The Morgan fingerprint density at radius 2 is 1.95 bits per heavy atom. The summed E-state index contributed by atoms with van der Waals surface area (Å²) < 4.78 is 5.21. The van der Waals surface area contributed by atoms with Gasteiger partial charge in [-0.25, -0.2) is 0 Å². The lowest BCUT2D eigenvalue weighted by Gasteiger charge is -2.29. The van der Waals surface area contributed by atoms with Crippen LogP contribution in [0.5, 0.6) is 0 Å². The highest BCUT2D eigenvalue weighted by Gasteiger charge is 2.22. The molecule has 7 heteroatoms. The number of benzene rings is 1. The third-order valence-electron chi connectivity index (χ3n) is 3.15. The minimum Gasteiger partial charge on any atom is -0.378 e. The van der Waals surface area contributed by atoms with Crippen molar-refractivity contribution in [3.05, 3.63) is 34.4 Å². The second kappa shape index (κ2) is 6.33. The summed E-state index contributed by atoms with van der Waals surface area (Å²) in [6, 6.07) is 5.64. The first kappa shape index (κ1) is 14.3. The van der Waals surface area contributed by atoms with E-state index in [1.54, 1.807) is 24.0 Å². The smallest absolute Gasteiger partial charge is 0.269 e. The maximum atomic E-state index is 12.2. The Morgan fingerprint density at radius 3 is 2.50 bits per heavy atom. The molecule has 1 amide bonds. The van der Waals surface area contributed by atoms with Crippen LogP contribution in [0.3, 0.4) is 0 Å². The van der Waals surface area contributed by atoms with Crippen LogP contribution in [-0.2, 0) is 9.53 Å². The molecule has 0 radical (unpaired) electrons. The van der Waals surface area contributed by atoms with Crippen LogP contribution in [0.2, 0.25) is 0 Å². The van der Waals surface area contributed by atoms with E-state index in [2.05, 4.69) is 5.32 Å². The molecule has 1 aromatic rings. The van der Waals surface area contributed by atoms with E-state index in [1.165, 1.54) is 12.1 Å². The molecule has 0 spiro atoms. The van der Waals surface area contributed by atoms with Gasteiger partial charge >= 0.3 is 0 Å². The van der Waals surface area contributed by atoms with Crippen LogP contribution in [0.4, 0.5) is 11.4 Å². The number of amides is 1. The molecule has 0 aliphatic carbocycles. The first-order chi connectivity index (χ1) is 9.58. The van der Waals surface area contributed by atoms with Crippen LogP contribution < -0.4 is 5.32 Å². The highest BCUT2D eigenvalue weighted by Crippen LogP contribution is 2.16. The molecule has 0 aromatic heterocycles. The third kappa shape index (κ3) is 3.45. The standard InChI is InChI=1S/C13H17N3O4/c1-10(13(17)15-6-8-20-9-7-15)14-11-2-4-12(5-3-11)16(18)19/h2-5,10,14H,6-9H2,1H3. The van der Waals surface area contributed by atoms with Gasteiger partial charge in [0.15, 0.2) is 0 Å². The fourth-order valence-corrected chi connectivity index (χ4v) is 2.05. The summed E-state index contributed by atoms with van der Waals surface area (Å²) >= 11 is 0. The number of ether oxygens (including phenoxy) is 1. The second-order valence-electron chi connectivity index (χ2n) is 4.61. The second-order valence-corrected chi connectivity index (χ2v) is 4.61. The fraction of sp³-hybridized carbons (Fsp3) is 0.462. The minimum atomic E-state index is -0.452. The predicted molar refractivity (Wildman–Crippen MR) is 73.6 cm³/mol. The van der Waals surface area contributed by atoms with E-state index in [-0.39, 0.29) is 17.6 Å². The minimum absolute atomic E-state index is 0.00616. The molecule has 7 nitrogen and oxygen atoms in total. The molecule has 1 N–H and O–H groups in total. The highest BCUT2D eigenvalue weighted by molar-refractivity contribution is 5.84. The lowest BCUT2D eigenvalue weighted by Crippen LogP contribution is -2.46. The van der Waals surface area contributed by atoms with E-state index in [0.717, 1.165) is 0 Å². The highest BCUT2D eigenvalue weighted by atomic mass is 16.6. The van der Waals surface area contributed by atoms with Crippen LogP contribution >= 0.6 is 0 Å². The molecular formula is C13H17N3O4. The van der Waals surface area contributed by atoms with Gasteiger partial charge in [-0.3, -0.25) is 14.9 Å². The number of nitrogens with one attached hydrogen (secondary N) is 1. The van der Waals surface area contributed by atoms with Gasteiger partial charge in [-0.15, -0.1) is 0 Å². The summed E-state index contributed by atoms with van der Waals surface area (Å²) in [5.74, 6) is 0.00616. The molecule has 0 saturated carbocycles. The lowest BCUT2D eigenvalue weighted by atomic mass is 10.2. The molecule has 1 aromatic carbocycles. The summed E-state index contributed by atoms with van der Waals surface area (Å²) in [5.41, 5.74) is 0.715. The van der Waals surface area contributed by atoms with Crippen molar-refractivity contribution in [2.24, 2.45) is 0 Å². The number of non-ortho nitro benzene ring substituents is 1. The zero-order valence-corrected chi connectivity index (χ0v) is 11.2. The Balaban J connectivity index is 1.94. The van der Waals surface area contributed by atoms with Crippen molar-refractivity contribution >= 4 is 17.3 Å². The van der Waals surface area contributed by atoms with Gasteiger partial charge in [-0.1, -0.05) is 0 Å². The van der Waals surface area contributed by atoms with E-state index in [4.69, 9.17) is 4.74 Å². The molecule has 0 bridgehead atoms. The average Bonchev–Trinajstić information content (AvgIpc) is 2.48. The van der Waals surface area contributed by atoms with Gasteiger partial charge in [0.2, 0.25) is 5.91 Å². The van der Waals surface area contributed by atoms with E-state index >= 15 is 0 Å². The van der Waals surface area contributed by atoms with Crippen molar-refractivity contribution in [3.63, 3.8) is 0 Å². The third-order valence-corrected chi connectivity index (χ3v) is 3.15. The van der Waals surface area contributed by atoms with Crippen LogP contribution in [0.25, 0.3) is 0 Å². The quantitative estimate of drug-likeness (QED) is 0.662. The molecule has 1 saturated heterocycles. The van der Waals surface area contributed by atoms with Gasteiger partial charge in [-0.2, -0.15) is 0 Å². The Hall–Kier alpha value is -2.15. The molecule has 1 aliphatic rings. The number of nitro benzene ring substituents is 1. The summed E-state index contributed by atoms with van der Waals surface area (Å²) in [5, 5.41) is 13.6. The van der Waals surface area contributed by atoms with Crippen molar-refractivity contribution in [1.82, 2.24) is 4.90 Å². The van der Waals surface area contributed by atoms with E-state index in [9.17, 15) is 14.9 Å². The summed E-state index contributed by atoms with van der Waals surface area (Å²) in [7, 11) is 0. The Kier molecular flexibility index (Phi) is 4.52. The van der Waals surface area contributed by atoms with Gasteiger partial charge in [0.1, 0.15) is 6.04 Å². The van der Waals surface area contributed by atoms with E-state index in [1.807, 2.05) is 0 Å². The number of rotatable bonds is 4. The maximum Gasteiger partial charge on any atom is 0.269 e. The first-order valence-corrected chi connectivity index (χ1v) is 6.45. The zero-order valence-electron chi connectivity index (χ0n) is 11.2.